The van der Waals surface area contributed by atoms with Crippen LogP contribution in [0.15, 0.2) is 48.7 Å². The van der Waals surface area contributed by atoms with Gasteiger partial charge in [0.25, 0.3) is 0 Å². The summed E-state index contributed by atoms with van der Waals surface area (Å²) in [6.07, 6.45) is 3.47. The van der Waals surface area contributed by atoms with E-state index in [-0.39, 0.29) is 29.3 Å². The first kappa shape index (κ1) is 39.7. The quantitative estimate of drug-likeness (QED) is 0.113. The molecule has 17 heteroatoms. The lowest BCUT2D eigenvalue weighted by Crippen LogP contribution is -2.51. The van der Waals surface area contributed by atoms with Crippen molar-refractivity contribution in [2.45, 2.75) is 70.1 Å². The van der Waals surface area contributed by atoms with Gasteiger partial charge in [-0.25, -0.2) is 24.4 Å². The highest BCUT2D eigenvalue weighted by atomic mass is 16.6. The molecule has 17 nitrogen and oxygen atoms in total. The maximum Gasteiger partial charge on any atom is 0.407 e. The Hall–Kier alpha value is -6.57. The van der Waals surface area contributed by atoms with Gasteiger partial charge in [-0.05, 0) is 79.3 Å². The lowest BCUT2D eigenvalue weighted by molar-refractivity contribution is -0.136. The van der Waals surface area contributed by atoms with Gasteiger partial charge in [0.05, 0.1) is 49.2 Å². The number of primary amides is 1. The Kier molecular flexibility index (Phi) is 11.3. The Morgan fingerprint density at radius 1 is 0.914 bits per heavy atom. The highest BCUT2D eigenvalue weighted by molar-refractivity contribution is 5.87. The fraction of sp³-hybridized carbons (Fsp3) is 0.439. The summed E-state index contributed by atoms with van der Waals surface area (Å²) in [5.41, 5.74) is 10.0. The molecule has 4 aromatic rings. The van der Waals surface area contributed by atoms with Crippen LogP contribution in [0.25, 0.3) is 22.3 Å². The summed E-state index contributed by atoms with van der Waals surface area (Å²) in [4.78, 5) is 82.3. The lowest BCUT2D eigenvalue weighted by Gasteiger charge is -2.30. The monoisotopic (exact) mass is 793 g/mol. The number of nitrogens with zero attached hydrogens (tertiary/aromatic N) is 4. The third-order valence-electron chi connectivity index (χ3n) is 11.1. The molecule has 1 spiro atoms. The number of amides is 5. The highest BCUT2D eigenvalue weighted by Crippen LogP contribution is 2.58. The number of carbonyl (C=O) groups excluding carboxylic acids is 5. The Labute approximate surface area is 334 Å². The maximum absolute atomic E-state index is 13.9. The Bertz CT molecular complexity index is 2270. The van der Waals surface area contributed by atoms with E-state index in [1.165, 1.54) is 14.2 Å². The van der Waals surface area contributed by atoms with Crippen LogP contribution in [0.4, 0.5) is 14.4 Å². The van der Waals surface area contributed by atoms with Crippen molar-refractivity contribution >= 4 is 41.1 Å². The van der Waals surface area contributed by atoms with Crippen molar-refractivity contribution in [1.29, 1.82) is 0 Å². The number of nitrogens with two attached hydrogens (primary N) is 1. The fourth-order valence-electron chi connectivity index (χ4n) is 7.80. The number of nitrogens with one attached hydrogen (secondary N) is 4. The smallest absolute Gasteiger partial charge is 0.407 e. The number of hydrogen-bond donors (Lipinski definition) is 5. The van der Waals surface area contributed by atoms with E-state index in [9.17, 15) is 24.0 Å². The number of rotatable bonds is 10. The molecular formula is C41H47N9O8. The molecule has 6 N–H and O–H groups in total. The van der Waals surface area contributed by atoms with E-state index in [2.05, 4.69) is 42.2 Å². The van der Waals surface area contributed by atoms with Gasteiger partial charge in [-0.15, -0.1) is 0 Å². The fourth-order valence-corrected chi connectivity index (χ4v) is 7.80. The first-order valence-electron chi connectivity index (χ1n) is 19.3. The topological polar surface area (TPSA) is 227 Å². The zero-order valence-electron chi connectivity index (χ0n) is 32.8. The lowest BCUT2D eigenvalue weighted by atomic mass is 10.0. The minimum atomic E-state index is -1.18. The van der Waals surface area contributed by atoms with Crippen molar-refractivity contribution in [3.8, 4) is 23.1 Å². The zero-order chi connectivity index (χ0) is 41.1. The summed E-state index contributed by atoms with van der Waals surface area (Å²) in [5, 5.41) is 5.14. The van der Waals surface area contributed by atoms with Crippen molar-refractivity contribution in [3.05, 3.63) is 71.4 Å². The second-order valence-electron chi connectivity index (χ2n) is 15.4. The van der Waals surface area contributed by atoms with E-state index >= 15 is 0 Å². The molecule has 1 saturated carbocycles. The second-order valence-corrected chi connectivity index (χ2v) is 15.4. The van der Waals surface area contributed by atoms with Crippen LogP contribution in [0.3, 0.4) is 0 Å². The molecular weight excluding hydrogens is 747 g/mol. The van der Waals surface area contributed by atoms with Crippen molar-refractivity contribution < 1.29 is 38.2 Å². The molecule has 4 atom stereocenters. The number of methoxy groups -OCH3 is 2. The molecule has 2 saturated heterocycles. The molecule has 1 aliphatic carbocycles. The maximum atomic E-state index is 13.9. The molecule has 3 fully saturated rings. The molecule has 3 aliphatic rings. The molecule has 0 unspecified atom stereocenters. The van der Waals surface area contributed by atoms with Gasteiger partial charge >= 0.3 is 18.3 Å². The van der Waals surface area contributed by atoms with E-state index in [1.54, 1.807) is 11.1 Å². The molecule has 2 aromatic heterocycles. The predicted octanol–water partition coefficient (Wildman–Crippen LogP) is 4.27. The number of likely N-dealkylation sites (tertiary alicyclic amines) is 2. The van der Waals surface area contributed by atoms with E-state index in [4.69, 9.17) is 20.2 Å². The largest absolute Gasteiger partial charge is 0.453 e. The minimum Gasteiger partial charge on any atom is -0.453 e. The SMILES string of the molecule is COC(=O)N[C@@H](COC(N)=O)C(=O)N1CCC[C@H]1c1ncc(-c2ccc(C#Cc3ccc4nc([C@@H]5CC6(CC6)CN5C(=O)[C@@H](NC(=O)OC)C(C)C)[nH]c4c3)cc2)[nH]1. The number of imidazole rings is 2. The normalized spacial score (nSPS) is 19.0. The van der Waals surface area contributed by atoms with E-state index < -0.39 is 42.9 Å². The molecule has 304 valence electrons. The van der Waals surface area contributed by atoms with Gasteiger partial charge < -0.3 is 50.3 Å². The Balaban J connectivity index is 1.02. The number of alkyl carbamates (subject to hydrolysis) is 2. The summed E-state index contributed by atoms with van der Waals surface area (Å²) in [7, 11) is 2.46. The third kappa shape index (κ3) is 8.55. The van der Waals surface area contributed by atoms with Gasteiger partial charge in [-0.2, -0.15) is 0 Å². The van der Waals surface area contributed by atoms with Gasteiger partial charge in [-0.3, -0.25) is 9.59 Å². The minimum absolute atomic E-state index is 0.0935. The summed E-state index contributed by atoms with van der Waals surface area (Å²) >= 11 is 0. The van der Waals surface area contributed by atoms with Gasteiger partial charge in [0.1, 0.15) is 30.3 Å². The number of carbonyl (C=O) groups is 5. The number of benzene rings is 2. The van der Waals surface area contributed by atoms with E-state index in [1.807, 2.05) is 61.2 Å². The van der Waals surface area contributed by atoms with Crippen molar-refractivity contribution in [3.63, 3.8) is 0 Å². The molecule has 0 bridgehead atoms. The number of H-pyrrole nitrogens is 2. The van der Waals surface area contributed by atoms with Crippen LogP contribution in [0.2, 0.25) is 0 Å². The van der Waals surface area contributed by atoms with Crippen LogP contribution < -0.4 is 16.4 Å². The van der Waals surface area contributed by atoms with Crippen LogP contribution in [-0.2, 0) is 23.8 Å². The van der Waals surface area contributed by atoms with E-state index in [0.29, 0.717) is 31.8 Å². The van der Waals surface area contributed by atoms with Crippen LogP contribution in [0.1, 0.15) is 80.8 Å². The zero-order valence-corrected chi connectivity index (χ0v) is 32.8. The van der Waals surface area contributed by atoms with Crippen LogP contribution in [0, 0.1) is 23.2 Å². The molecule has 4 heterocycles. The predicted molar refractivity (Wildman–Crippen MR) is 210 cm³/mol. The number of fused-ring (bicyclic) bond motifs is 1. The summed E-state index contributed by atoms with van der Waals surface area (Å²) in [6, 6.07) is 11.0. The highest BCUT2D eigenvalue weighted by Gasteiger charge is 2.55. The van der Waals surface area contributed by atoms with Crippen molar-refractivity contribution in [2.75, 3.05) is 33.9 Å². The Morgan fingerprint density at radius 2 is 1.62 bits per heavy atom. The molecule has 58 heavy (non-hydrogen) atoms. The summed E-state index contributed by atoms with van der Waals surface area (Å²) < 4.78 is 14.3. The number of ether oxygens (including phenoxy) is 3. The van der Waals surface area contributed by atoms with Crippen LogP contribution >= 0.6 is 0 Å². The standard InChI is InChI=1S/C41H47N9O8/c1-23(2)33(48-40(55)57-4)37(52)50-22-41(15-16-41)19-32(50)35-44-27-14-11-25(18-28(27)45-35)8-7-24-9-12-26(13-10-24)29-20-43-34(46-29)31-6-5-17-49(31)36(51)30(21-58-38(42)53)47-39(54)56-3/h9-14,18,20,23,30-33H,5-6,15-17,19,21-22H2,1-4H3,(H2,42,53)(H,43,46)(H,44,45)(H,47,54)(H,48,55)/t30-,31-,32-,33-/m0/s1. The van der Waals surface area contributed by atoms with Crippen molar-refractivity contribution in [2.24, 2.45) is 17.1 Å². The average Bonchev–Trinajstić information content (AvgIpc) is 3.71. The molecule has 2 aromatic carbocycles. The summed E-state index contributed by atoms with van der Waals surface area (Å²) in [6.45, 7) is 4.43. The van der Waals surface area contributed by atoms with E-state index in [0.717, 1.165) is 58.5 Å². The Morgan fingerprint density at radius 3 is 2.31 bits per heavy atom. The average molecular weight is 794 g/mol. The first-order chi connectivity index (χ1) is 27.9. The third-order valence-corrected chi connectivity index (χ3v) is 11.1. The number of hydrogen-bond acceptors (Lipinski definition) is 10. The second kappa shape index (κ2) is 16.5. The van der Waals surface area contributed by atoms with Gasteiger partial charge in [0.15, 0.2) is 0 Å². The van der Waals surface area contributed by atoms with Crippen LogP contribution in [-0.4, -0.2) is 106 Å². The molecule has 5 amide bonds. The van der Waals surface area contributed by atoms with Crippen LogP contribution in [0.5, 0.6) is 0 Å². The molecule has 7 rings (SSSR count). The van der Waals surface area contributed by atoms with Gasteiger partial charge in [0.2, 0.25) is 11.8 Å². The molecule has 0 radical (unpaired) electrons. The molecule has 2 aliphatic heterocycles. The van der Waals surface area contributed by atoms with Gasteiger partial charge in [0, 0.05) is 24.2 Å². The number of aromatic amines is 2. The first-order valence-corrected chi connectivity index (χ1v) is 19.3. The van der Waals surface area contributed by atoms with Gasteiger partial charge in [-0.1, -0.05) is 37.8 Å². The number of aromatic nitrogens is 4. The summed E-state index contributed by atoms with van der Waals surface area (Å²) in [5.74, 6) is 7.08. The van der Waals surface area contributed by atoms with Crippen molar-refractivity contribution in [1.82, 2.24) is 40.4 Å².